The summed E-state index contributed by atoms with van der Waals surface area (Å²) in [5, 5.41) is 2.63. The van der Waals surface area contributed by atoms with Crippen LogP contribution in [-0.2, 0) is 4.74 Å². The van der Waals surface area contributed by atoms with Gasteiger partial charge in [-0.3, -0.25) is 0 Å². The number of benzene rings is 1. The number of alkyl carbamates (subject to hydrolysis) is 1. The van der Waals surface area contributed by atoms with Crippen LogP contribution in [0.1, 0.15) is 20.8 Å². The normalized spacial score (nSPS) is 11.4. The fraction of sp³-hybridized carbons (Fsp3) is 0.429. The number of carbonyl (C=O) groups is 1. The summed E-state index contributed by atoms with van der Waals surface area (Å²) in [5.41, 5.74) is 0.353. The first-order valence-corrected chi connectivity index (χ1v) is 7.69. The monoisotopic (exact) mass is 328 g/mol. The average Bonchev–Trinajstić information content (AvgIpc) is 2.71. The summed E-state index contributed by atoms with van der Waals surface area (Å²) in [5.74, 6) is 0.716. The van der Waals surface area contributed by atoms with Crippen molar-refractivity contribution in [2.75, 3.05) is 13.2 Å². The van der Waals surface area contributed by atoms with Gasteiger partial charge in [-0.25, -0.2) is 9.78 Å². The molecule has 1 aromatic carbocycles. The second-order valence-corrected chi connectivity index (χ2v) is 6.99. The predicted molar refractivity (Wildman–Crippen MR) is 84.4 cm³/mol. The zero-order valence-electron chi connectivity index (χ0n) is 12.1. The van der Waals surface area contributed by atoms with E-state index in [0.29, 0.717) is 23.4 Å². The number of fused-ring (bicyclic) bond motifs is 1. The largest absolute Gasteiger partial charge is 0.492 e. The number of hydrogen-bond donors (Lipinski definition) is 1. The van der Waals surface area contributed by atoms with E-state index in [4.69, 9.17) is 21.1 Å². The van der Waals surface area contributed by atoms with E-state index in [9.17, 15) is 4.79 Å². The van der Waals surface area contributed by atoms with Crippen LogP contribution in [0.15, 0.2) is 18.2 Å². The Labute approximate surface area is 132 Å². The molecule has 1 aromatic heterocycles. The van der Waals surface area contributed by atoms with Gasteiger partial charge < -0.3 is 14.8 Å². The number of carbonyl (C=O) groups excluding carboxylic acids is 1. The molecule has 2 aromatic rings. The number of amides is 1. The van der Waals surface area contributed by atoms with Gasteiger partial charge in [-0.1, -0.05) is 11.6 Å². The van der Waals surface area contributed by atoms with Gasteiger partial charge in [0.1, 0.15) is 18.0 Å². The summed E-state index contributed by atoms with van der Waals surface area (Å²) in [6.45, 7) is 6.18. The number of aromatic nitrogens is 1. The Morgan fingerprint density at radius 2 is 2.19 bits per heavy atom. The smallest absolute Gasteiger partial charge is 0.407 e. The van der Waals surface area contributed by atoms with E-state index in [1.807, 2.05) is 39.0 Å². The van der Waals surface area contributed by atoms with Crippen molar-refractivity contribution in [1.82, 2.24) is 10.3 Å². The minimum absolute atomic E-state index is 0.358. The molecule has 0 aliphatic carbocycles. The first-order chi connectivity index (χ1) is 9.83. The van der Waals surface area contributed by atoms with E-state index in [1.54, 1.807) is 0 Å². The van der Waals surface area contributed by atoms with E-state index < -0.39 is 11.7 Å². The van der Waals surface area contributed by atoms with Gasteiger partial charge in [0.15, 0.2) is 4.47 Å². The quantitative estimate of drug-likeness (QED) is 0.866. The number of hydrogen-bond acceptors (Lipinski definition) is 5. The van der Waals surface area contributed by atoms with Gasteiger partial charge in [0, 0.05) is 0 Å². The Hall–Kier alpha value is -1.53. The fourth-order valence-electron chi connectivity index (χ4n) is 1.60. The van der Waals surface area contributed by atoms with E-state index in [-0.39, 0.29) is 0 Å². The van der Waals surface area contributed by atoms with Crippen LogP contribution in [0, 0.1) is 0 Å². The van der Waals surface area contributed by atoms with Crippen LogP contribution in [0.4, 0.5) is 4.79 Å². The van der Waals surface area contributed by atoms with Crippen molar-refractivity contribution in [2.45, 2.75) is 26.4 Å². The van der Waals surface area contributed by atoms with Gasteiger partial charge in [0.25, 0.3) is 0 Å². The first-order valence-electron chi connectivity index (χ1n) is 6.49. The molecule has 1 amide bonds. The summed E-state index contributed by atoms with van der Waals surface area (Å²) >= 11 is 7.26. The second-order valence-electron chi connectivity index (χ2n) is 5.37. The third-order valence-corrected chi connectivity index (χ3v) is 3.50. The van der Waals surface area contributed by atoms with E-state index in [1.165, 1.54) is 11.3 Å². The second kappa shape index (κ2) is 6.49. The summed E-state index contributed by atoms with van der Waals surface area (Å²) in [6, 6.07) is 5.56. The molecule has 0 aliphatic rings. The standard InChI is InChI=1S/C14H17ClN2O3S/c1-14(2,3)20-13(18)16-6-7-19-9-4-5-10-11(8-9)21-12(15)17-10/h4-5,8H,6-7H2,1-3H3,(H,16,18). The van der Waals surface area contributed by atoms with Gasteiger partial charge >= 0.3 is 6.09 Å². The number of thiazole rings is 1. The third-order valence-electron chi connectivity index (χ3n) is 2.37. The molecule has 0 aliphatic heterocycles. The van der Waals surface area contributed by atoms with Crippen molar-refractivity contribution in [3.8, 4) is 5.75 Å². The third kappa shape index (κ3) is 5.06. The summed E-state index contributed by atoms with van der Waals surface area (Å²) in [7, 11) is 0. The molecule has 1 heterocycles. The SMILES string of the molecule is CC(C)(C)OC(=O)NCCOc1ccc2nc(Cl)sc2c1. The highest BCUT2D eigenvalue weighted by Gasteiger charge is 2.15. The Balaban J connectivity index is 1.78. The molecular formula is C14H17ClN2O3S. The Morgan fingerprint density at radius 1 is 1.43 bits per heavy atom. The lowest BCUT2D eigenvalue weighted by atomic mass is 10.2. The zero-order valence-corrected chi connectivity index (χ0v) is 13.7. The average molecular weight is 329 g/mol. The van der Waals surface area contributed by atoms with Crippen molar-refractivity contribution in [2.24, 2.45) is 0 Å². The summed E-state index contributed by atoms with van der Waals surface area (Å²) < 4.78 is 12.2. The van der Waals surface area contributed by atoms with Gasteiger partial charge in [-0.15, -0.1) is 11.3 Å². The first kappa shape index (κ1) is 15.9. The summed E-state index contributed by atoms with van der Waals surface area (Å²) in [6.07, 6.45) is -0.448. The highest BCUT2D eigenvalue weighted by molar-refractivity contribution is 7.22. The van der Waals surface area contributed by atoms with Crippen LogP contribution < -0.4 is 10.1 Å². The molecule has 0 saturated carbocycles. The van der Waals surface area contributed by atoms with Crippen LogP contribution in [0.3, 0.4) is 0 Å². The molecule has 0 bridgehead atoms. The molecule has 7 heteroatoms. The lowest BCUT2D eigenvalue weighted by Gasteiger charge is -2.19. The molecule has 0 spiro atoms. The topological polar surface area (TPSA) is 60.5 Å². The van der Waals surface area contributed by atoms with Crippen LogP contribution in [-0.4, -0.2) is 29.8 Å². The van der Waals surface area contributed by atoms with Crippen LogP contribution in [0.2, 0.25) is 4.47 Å². The molecule has 0 atom stereocenters. The highest BCUT2D eigenvalue weighted by atomic mass is 35.5. The maximum atomic E-state index is 11.4. The lowest BCUT2D eigenvalue weighted by Crippen LogP contribution is -2.34. The van der Waals surface area contributed by atoms with Crippen molar-refractivity contribution in [3.05, 3.63) is 22.7 Å². The van der Waals surface area contributed by atoms with Gasteiger partial charge in [0.2, 0.25) is 0 Å². The number of nitrogens with one attached hydrogen (secondary N) is 1. The highest BCUT2D eigenvalue weighted by Crippen LogP contribution is 2.28. The Kier molecular flexibility index (Phi) is 4.90. The summed E-state index contributed by atoms with van der Waals surface area (Å²) in [4.78, 5) is 15.6. The fourth-order valence-corrected chi connectivity index (χ4v) is 2.66. The molecule has 0 radical (unpaired) electrons. The maximum absolute atomic E-state index is 11.4. The van der Waals surface area contributed by atoms with Crippen LogP contribution in [0.5, 0.6) is 5.75 Å². The number of rotatable bonds is 4. The van der Waals surface area contributed by atoms with E-state index in [2.05, 4.69) is 10.3 Å². The van der Waals surface area contributed by atoms with Crippen molar-refractivity contribution >= 4 is 39.2 Å². The molecule has 0 fully saturated rings. The lowest BCUT2D eigenvalue weighted by molar-refractivity contribution is 0.0520. The van der Waals surface area contributed by atoms with Crippen molar-refractivity contribution < 1.29 is 14.3 Å². The van der Waals surface area contributed by atoms with Gasteiger partial charge in [-0.2, -0.15) is 0 Å². The number of halogens is 1. The number of nitrogens with zero attached hydrogens (tertiary/aromatic N) is 1. The van der Waals surface area contributed by atoms with Gasteiger partial charge in [0.05, 0.1) is 16.8 Å². The van der Waals surface area contributed by atoms with E-state index in [0.717, 1.165) is 10.2 Å². The molecule has 0 unspecified atom stereocenters. The molecule has 114 valence electrons. The molecule has 1 N–H and O–H groups in total. The molecular weight excluding hydrogens is 312 g/mol. The Morgan fingerprint density at radius 3 is 2.90 bits per heavy atom. The van der Waals surface area contributed by atoms with Crippen molar-refractivity contribution in [3.63, 3.8) is 0 Å². The molecule has 5 nitrogen and oxygen atoms in total. The molecule has 2 rings (SSSR count). The van der Waals surface area contributed by atoms with E-state index >= 15 is 0 Å². The van der Waals surface area contributed by atoms with Gasteiger partial charge in [-0.05, 0) is 39.0 Å². The predicted octanol–water partition coefficient (Wildman–Crippen LogP) is 3.85. The Bertz CT molecular complexity index is 637. The minimum atomic E-state index is -0.499. The van der Waals surface area contributed by atoms with Crippen LogP contribution in [0.25, 0.3) is 10.2 Å². The zero-order chi connectivity index (χ0) is 15.5. The van der Waals surface area contributed by atoms with Crippen LogP contribution >= 0.6 is 22.9 Å². The maximum Gasteiger partial charge on any atom is 0.407 e. The molecule has 0 saturated heterocycles. The number of ether oxygens (including phenoxy) is 2. The molecule has 21 heavy (non-hydrogen) atoms. The van der Waals surface area contributed by atoms with Crippen molar-refractivity contribution in [1.29, 1.82) is 0 Å². The minimum Gasteiger partial charge on any atom is -0.492 e.